The predicted molar refractivity (Wildman–Crippen MR) is 106 cm³/mol. The molecule has 0 aliphatic carbocycles. The summed E-state index contributed by atoms with van der Waals surface area (Å²) in [6.07, 6.45) is 3.99. The van der Waals surface area contributed by atoms with Gasteiger partial charge in [-0.3, -0.25) is 9.69 Å². The lowest BCUT2D eigenvalue weighted by Crippen LogP contribution is -2.42. The molecule has 2 atom stereocenters. The van der Waals surface area contributed by atoms with Crippen molar-refractivity contribution >= 4 is 17.2 Å². The largest absolute Gasteiger partial charge is 0.497 e. The number of rotatable bonds is 7. The zero-order chi connectivity index (χ0) is 19.2. The molecule has 1 amide bonds. The monoisotopic (exact) mass is 389 g/mol. The third kappa shape index (κ3) is 5.20. The van der Waals surface area contributed by atoms with E-state index in [2.05, 4.69) is 27.3 Å². The number of nitrogens with zero attached hydrogens (tertiary/aromatic N) is 2. The summed E-state index contributed by atoms with van der Waals surface area (Å²) in [6.45, 7) is 4.36. The Kier molecular flexibility index (Phi) is 6.68. The topological polar surface area (TPSA) is 63.7 Å². The molecule has 1 N–H and O–H groups in total. The fraction of sp³-hybridized carbons (Fsp3) is 0.500. The van der Waals surface area contributed by atoms with Crippen LogP contribution in [0.3, 0.4) is 0 Å². The lowest BCUT2D eigenvalue weighted by Gasteiger charge is -2.36. The number of hydrogen-bond donors (Lipinski definition) is 1. The maximum atomic E-state index is 11.7. The highest BCUT2D eigenvalue weighted by atomic mass is 32.1. The number of methoxy groups -OCH3 is 2. The predicted octanol–water partition coefficient (Wildman–Crippen LogP) is 3.25. The Morgan fingerprint density at radius 3 is 2.67 bits per heavy atom. The fourth-order valence-electron chi connectivity index (χ4n) is 3.71. The second-order valence-electron chi connectivity index (χ2n) is 6.91. The number of likely N-dealkylation sites (tertiary alicyclic amines) is 1. The van der Waals surface area contributed by atoms with Crippen molar-refractivity contribution < 1.29 is 14.3 Å². The Morgan fingerprint density at radius 1 is 1.33 bits per heavy atom. The Balaban J connectivity index is 1.72. The van der Waals surface area contributed by atoms with Crippen molar-refractivity contribution in [2.45, 2.75) is 32.4 Å². The molecule has 0 spiro atoms. The highest BCUT2D eigenvalue weighted by molar-refractivity contribution is 7.09. The first-order valence-corrected chi connectivity index (χ1v) is 10.1. The number of carbonyl (C=O) groups excluding carboxylic acids is 1. The number of carbonyl (C=O) groups is 1. The van der Waals surface area contributed by atoms with Crippen LogP contribution in [0.5, 0.6) is 11.5 Å². The van der Waals surface area contributed by atoms with Crippen LogP contribution in [-0.4, -0.2) is 43.1 Å². The van der Waals surface area contributed by atoms with E-state index in [1.165, 1.54) is 0 Å². The van der Waals surface area contributed by atoms with E-state index in [0.29, 0.717) is 5.92 Å². The summed E-state index contributed by atoms with van der Waals surface area (Å²) < 4.78 is 10.8. The van der Waals surface area contributed by atoms with E-state index >= 15 is 0 Å². The molecular weight excluding hydrogens is 362 g/mol. The summed E-state index contributed by atoms with van der Waals surface area (Å²) in [5, 5.41) is 6.07. The van der Waals surface area contributed by atoms with Gasteiger partial charge in [0, 0.05) is 37.7 Å². The van der Waals surface area contributed by atoms with Crippen LogP contribution in [0, 0.1) is 5.92 Å². The van der Waals surface area contributed by atoms with Crippen LogP contribution in [0.15, 0.2) is 29.8 Å². The summed E-state index contributed by atoms with van der Waals surface area (Å²) >= 11 is 1.60. The second kappa shape index (κ2) is 9.19. The van der Waals surface area contributed by atoms with Gasteiger partial charge in [0.15, 0.2) is 0 Å². The number of thiazole rings is 1. The molecule has 1 aromatic heterocycles. The number of aromatic nitrogens is 1. The van der Waals surface area contributed by atoms with Crippen LogP contribution >= 0.6 is 11.3 Å². The normalized spacial score (nSPS) is 18.7. The van der Waals surface area contributed by atoms with E-state index < -0.39 is 0 Å². The molecule has 2 heterocycles. The number of benzene rings is 1. The Bertz CT molecular complexity index is 729. The number of nitrogens with one attached hydrogen (secondary N) is 1. The Labute approximate surface area is 164 Å². The molecule has 0 radical (unpaired) electrons. The summed E-state index contributed by atoms with van der Waals surface area (Å²) in [5.41, 5.74) is 1.16. The van der Waals surface area contributed by atoms with Crippen LogP contribution in [-0.2, 0) is 11.3 Å². The number of piperidine rings is 1. The van der Waals surface area contributed by atoms with E-state index in [4.69, 9.17) is 9.47 Å². The van der Waals surface area contributed by atoms with Gasteiger partial charge in [-0.15, -0.1) is 11.3 Å². The fourth-order valence-corrected chi connectivity index (χ4v) is 4.49. The summed E-state index contributed by atoms with van der Waals surface area (Å²) in [5.74, 6) is 1.94. The van der Waals surface area contributed by atoms with E-state index in [-0.39, 0.29) is 11.9 Å². The van der Waals surface area contributed by atoms with Gasteiger partial charge in [-0.2, -0.15) is 0 Å². The molecule has 7 heteroatoms. The summed E-state index contributed by atoms with van der Waals surface area (Å²) in [4.78, 5) is 18.6. The zero-order valence-corrected chi connectivity index (χ0v) is 16.9. The first-order valence-electron chi connectivity index (χ1n) is 9.20. The Morgan fingerprint density at radius 2 is 2.07 bits per heavy atom. The van der Waals surface area contributed by atoms with Gasteiger partial charge in [0.05, 0.1) is 20.3 Å². The van der Waals surface area contributed by atoms with Crippen molar-refractivity contribution in [1.82, 2.24) is 15.2 Å². The number of ether oxygens (including phenoxy) is 2. The second-order valence-corrected chi connectivity index (χ2v) is 7.83. The molecule has 1 aliphatic heterocycles. The molecule has 27 heavy (non-hydrogen) atoms. The zero-order valence-electron chi connectivity index (χ0n) is 16.1. The van der Waals surface area contributed by atoms with Gasteiger partial charge in [-0.05, 0) is 43.0 Å². The van der Waals surface area contributed by atoms with Crippen molar-refractivity contribution in [2.24, 2.45) is 5.92 Å². The minimum absolute atomic E-state index is 0.00939. The lowest BCUT2D eigenvalue weighted by molar-refractivity contribution is -0.120. The first kappa shape index (κ1) is 19.6. The molecule has 1 aliphatic rings. The van der Waals surface area contributed by atoms with E-state index in [1.54, 1.807) is 38.7 Å². The van der Waals surface area contributed by atoms with Crippen molar-refractivity contribution in [2.75, 3.05) is 27.3 Å². The van der Waals surface area contributed by atoms with Gasteiger partial charge < -0.3 is 14.8 Å². The molecule has 0 bridgehead atoms. The molecule has 2 aromatic rings. The van der Waals surface area contributed by atoms with Crippen molar-refractivity contribution in [1.29, 1.82) is 0 Å². The summed E-state index contributed by atoms with van der Waals surface area (Å²) in [6, 6.07) is 5.97. The van der Waals surface area contributed by atoms with Gasteiger partial charge in [0.2, 0.25) is 5.91 Å². The van der Waals surface area contributed by atoms with Crippen molar-refractivity contribution in [3.8, 4) is 11.5 Å². The van der Waals surface area contributed by atoms with Crippen LogP contribution in [0.1, 0.15) is 36.4 Å². The molecule has 1 aromatic carbocycles. The minimum atomic E-state index is -0.0230. The van der Waals surface area contributed by atoms with Gasteiger partial charge in [-0.1, -0.05) is 0 Å². The molecule has 0 saturated carbocycles. The maximum absolute atomic E-state index is 11.7. The lowest BCUT2D eigenvalue weighted by atomic mass is 9.90. The highest BCUT2D eigenvalue weighted by Crippen LogP contribution is 2.32. The van der Waals surface area contributed by atoms with Crippen LogP contribution in [0.25, 0.3) is 0 Å². The van der Waals surface area contributed by atoms with Crippen LogP contribution in [0.2, 0.25) is 0 Å². The SMILES string of the molecule is COc1cc(CN2CCCC(C(NC(C)=O)c3nccs3)C2)cc(OC)c1. The highest BCUT2D eigenvalue weighted by Gasteiger charge is 2.30. The van der Waals surface area contributed by atoms with Crippen LogP contribution in [0.4, 0.5) is 0 Å². The van der Waals surface area contributed by atoms with Crippen LogP contribution < -0.4 is 14.8 Å². The van der Waals surface area contributed by atoms with Gasteiger partial charge >= 0.3 is 0 Å². The third-order valence-corrected chi connectivity index (χ3v) is 5.77. The van der Waals surface area contributed by atoms with Crippen molar-refractivity contribution in [3.63, 3.8) is 0 Å². The summed E-state index contributed by atoms with van der Waals surface area (Å²) in [7, 11) is 3.34. The Hall–Kier alpha value is -2.12. The molecule has 3 rings (SSSR count). The maximum Gasteiger partial charge on any atom is 0.217 e. The molecule has 2 unspecified atom stereocenters. The van der Waals surface area contributed by atoms with E-state index in [9.17, 15) is 4.79 Å². The standard InChI is InChI=1S/C20H27N3O3S/c1-14(24)22-19(20-21-6-8-27-20)16-5-4-7-23(13-16)12-15-9-17(25-2)11-18(10-15)26-3/h6,8-11,16,19H,4-5,7,12-13H2,1-3H3,(H,22,24). The molecule has 6 nitrogen and oxygen atoms in total. The van der Waals surface area contributed by atoms with Crippen molar-refractivity contribution in [3.05, 3.63) is 40.3 Å². The minimum Gasteiger partial charge on any atom is -0.497 e. The average Bonchev–Trinajstić information content (AvgIpc) is 3.20. The average molecular weight is 390 g/mol. The molecule has 1 fully saturated rings. The van der Waals surface area contributed by atoms with Gasteiger partial charge in [-0.25, -0.2) is 4.98 Å². The third-order valence-electron chi connectivity index (χ3n) is 4.91. The molecule has 146 valence electrons. The van der Waals surface area contributed by atoms with Gasteiger partial charge in [0.25, 0.3) is 0 Å². The molecule has 1 saturated heterocycles. The quantitative estimate of drug-likeness (QED) is 0.788. The smallest absolute Gasteiger partial charge is 0.217 e. The number of amides is 1. The van der Waals surface area contributed by atoms with Gasteiger partial charge in [0.1, 0.15) is 16.5 Å². The first-order chi connectivity index (χ1) is 13.1. The molecular formula is C20H27N3O3S. The van der Waals surface area contributed by atoms with E-state index in [1.807, 2.05) is 11.4 Å². The number of hydrogen-bond acceptors (Lipinski definition) is 6. The van der Waals surface area contributed by atoms with E-state index in [0.717, 1.165) is 54.5 Å².